The van der Waals surface area contributed by atoms with E-state index >= 15 is 0 Å². The van der Waals surface area contributed by atoms with E-state index < -0.39 is 11.9 Å². The molecule has 0 saturated carbocycles. The van der Waals surface area contributed by atoms with Crippen molar-refractivity contribution in [3.63, 3.8) is 0 Å². The Balaban J connectivity index is 2.35. The zero-order valence-corrected chi connectivity index (χ0v) is 12.5. The van der Waals surface area contributed by atoms with Crippen molar-refractivity contribution in [2.75, 3.05) is 5.32 Å². The van der Waals surface area contributed by atoms with Crippen LogP contribution in [-0.2, 0) is 0 Å². The maximum atomic E-state index is 12.1. The van der Waals surface area contributed by atoms with Crippen molar-refractivity contribution in [2.24, 2.45) is 0 Å². The van der Waals surface area contributed by atoms with Crippen LogP contribution in [0.3, 0.4) is 0 Å². The Morgan fingerprint density at radius 3 is 2.43 bits per heavy atom. The number of carboxylic acid groups (broad SMARTS) is 1. The number of hydrogen-bond donors (Lipinski definition) is 2. The Kier molecular flexibility index (Phi) is 4.67. The molecular formula is C13H7Cl3N2O3. The van der Waals surface area contributed by atoms with Crippen LogP contribution in [0.2, 0.25) is 15.1 Å². The average molecular weight is 346 g/mol. The first-order valence-electron chi connectivity index (χ1n) is 5.54. The molecule has 0 aliphatic heterocycles. The van der Waals surface area contributed by atoms with Gasteiger partial charge < -0.3 is 10.4 Å². The summed E-state index contributed by atoms with van der Waals surface area (Å²) in [6.07, 6.45) is 1.32. The average Bonchev–Trinajstić information content (AvgIpc) is 2.44. The van der Waals surface area contributed by atoms with Crippen LogP contribution in [0.5, 0.6) is 0 Å². The number of benzene rings is 1. The number of nitrogens with zero attached hydrogens (tertiary/aromatic N) is 1. The summed E-state index contributed by atoms with van der Waals surface area (Å²) in [5, 5.41) is 12.1. The lowest BCUT2D eigenvalue weighted by Gasteiger charge is -2.09. The highest BCUT2D eigenvalue weighted by Crippen LogP contribution is 2.32. The van der Waals surface area contributed by atoms with Crippen LogP contribution in [0.25, 0.3) is 0 Å². The number of rotatable bonds is 3. The number of aromatic carboxylic acids is 1. The van der Waals surface area contributed by atoms with E-state index in [1.807, 2.05) is 0 Å². The molecule has 1 heterocycles. The number of carbonyl (C=O) groups is 2. The minimum absolute atomic E-state index is 0.172. The molecule has 0 bridgehead atoms. The van der Waals surface area contributed by atoms with Gasteiger partial charge in [0.05, 0.1) is 26.3 Å². The van der Waals surface area contributed by atoms with Gasteiger partial charge in [-0.15, -0.1) is 0 Å². The molecule has 0 saturated heterocycles. The minimum Gasteiger partial charge on any atom is -0.478 e. The van der Waals surface area contributed by atoms with Gasteiger partial charge in [0, 0.05) is 6.20 Å². The van der Waals surface area contributed by atoms with Gasteiger partial charge in [-0.3, -0.25) is 9.78 Å². The molecule has 1 aromatic heterocycles. The summed E-state index contributed by atoms with van der Waals surface area (Å²) < 4.78 is 0. The van der Waals surface area contributed by atoms with Crippen LogP contribution < -0.4 is 5.32 Å². The molecule has 8 heteroatoms. The SMILES string of the molecule is O=C(O)c1cccnc1C(=O)Nc1cc(Cl)c(Cl)cc1Cl. The molecule has 0 aliphatic rings. The Bertz CT molecular complexity index is 735. The van der Waals surface area contributed by atoms with E-state index in [0.29, 0.717) is 0 Å². The topological polar surface area (TPSA) is 79.3 Å². The first-order valence-corrected chi connectivity index (χ1v) is 6.67. The van der Waals surface area contributed by atoms with Crippen molar-refractivity contribution in [2.45, 2.75) is 0 Å². The molecule has 2 N–H and O–H groups in total. The van der Waals surface area contributed by atoms with E-state index in [0.717, 1.165) is 0 Å². The molecule has 2 rings (SSSR count). The van der Waals surface area contributed by atoms with E-state index in [1.165, 1.54) is 30.5 Å². The molecule has 0 radical (unpaired) electrons. The molecule has 21 heavy (non-hydrogen) atoms. The number of anilines is 1. The highest BCUT2D eigenvalue weighted by atomic mass is 35.5. The van der Waals surface area contributed by atoms with Gasteiger partial charge in [0.25, 0.3) is 5.91 Å². The van der Waals surface area contributed by atoms with Gasteiger partial charge in [0.1, 0.15) is 5.69 Å². The number of pyridine rings is 1. The molecule has 0 fully saturated rings. The molecular weight excluding hydrogens is 339 g/mol. The molecule has 1 amide bonds. The van der Waals surface area contributed by atoms with Crippen LogP contribution in [0.1, 0.15) is 20.8 Å². The maximum absolute atomic E-state index is 12.1. The summed E-state index contributed by atoms with van der Waals surface area (Å²) in [5.74, 6) is -1.97. The third kappa shape index (κ3) is 3.44. The number of amides is 1. The molecule has 0 unspecified atom stereocenters. The Morgan fingerprint density at radius 2 is 1.76 bits per heavy atom. The molecule has 5 nitrogen and oxygen atoms in total. The van der Waals surface area contributed by atoms with E-state index in [-0.39, 0.29) is 32.0 Å². The Labute approximate surface area is 134 Å². The van der Waals surface area contributed by atoms with E-state index in [2.05, 4.69) is 10.3 Å². The lowest BCUT2D eigenvalue weighted by atomic mass is 10.2. The summed E-state index contributed by atoms with van der Waals surface area (Å²) in [6, 6.07) is 5.44. The fourth-order valence-electron chi connectivity index (χ4n) is 1.56. The second kappa shape index (κ2) is 6.30. The van der Waals surface area contributed by atoms with Gasteiger partial charge in [-0.05, 0) is 24.3 Å². The van der Waals surface area contributed by atoms with Crippen molar-refractivity contribution < 1.29 is 14.7 Å². The zero-order chi connectivity index (χ0) is 15.6. The van der Waals surface area contributed by atoms with Crippen molar-refractivity contribution in [3.8, 4) is 0 Å². The largest absolute Gasteiger partial charge is 0.478 e. The minimum atomic E-state index is -1.26. The number of carbonyl (C=O) groups excluding carboxylic acids is 1. The van der Waals surface area contributed by atoms with Crippen molar-refractivity contribution in [3.05, 3.63) is 56.8 Å². The predicted molar refractivity (Wildman–Crippen MR) is 80.6 cm³/mol. The smallest absolute Gasteiger partial charge is 0.338 e. The van der Waals surface area contributed by atoms with Crippen LogP contribution in [-0.4, -0.2) is 22.0 Å². The van der Waals surface area contributed by atoms with Gasteiger partial charge in [0.2, 0.25) is 0 Å². The number of hydrogen-bond acceptors (Lipinski definition) is 3. The summed E-state index contributed by atoms with van der Waals surface area (Å²) in [5.41, 5.74) is -0.239. The first-order chi connectivity index (χ1) is 9.90. The number of halogens is 3. The molecule has 108 valence electrons. The first kappa shape index (κ1) is 15.6. The van der Waals surface area contributed by atoms with Crippen LogP contribution in [0.15, 0.2) is 30.5 Å². The van der Waals surface area contributed by atoms with E-state index in [4.69, 9.17) is 39.9 Å². The van der Waals surface area contributed by atoms with Crippen LogP contribution in [0, 0.1) is 0 Å². The van der Waals surface area contributed by atoms with E-state index in [9.17, 15) is 9.59 Å². The second-order valence-corrected chi connectivity index (χ2v) is 5.13. The predicted octanol–water partition coefficient (Wildman–Crippen LogP) is 3.99. The summed E-state index contributed by atoms with van der Waals surface area (Å²) in [6.45, 7) is 0. The quantitative estimate of drug-likeness (QED) is 0.824. The van der Waals surface area contributed by atoms with Crippen molar-refractivity contribution >= 4 is 52.4 Å². The number of aromatic nitrogens is 1. The molecule has 2 aromatic rings. The standard InChI is InChI=1S/C13H7Cl3N2O3/c14-7-4-9(16)10(5-8(7)15)18-12(19)11-6(13(20)21)2-1-3-17-11/h1-5H,(H,18,19)(H,20,21). The lowest BCUT2D eigenvalue weighted by molar-refractivity contribution is 0.0691. The Hall–Kier alpha value is -1.82. The summed E-state index contributed by atoms with van der Waals surface area (Å²) >= 11 is 17.6. The van der Waals surface area contributed by atoms with Gasteiger partial charge in [-0.1, -0.05) is 34.8 Å². The highest BCUT2D eigenvalue weighted by molar-refractivity contribution is 6.44. The fraction of sp³-hybridized carbons (Fsp3) is 0. The second-order valence-electron chi connectivity index (χ2n) is 3.91. The van der Waals surface area contributed by atoms with Crippen molar-refractivity contribution in [1.29, 1.82) is 0 Å². The normalized spacial score (nSPS) is 10.2. The summed E-state index contributed by atoms with van der Waals surface area (Å²) in [4.78, 5) is 26.9. The fourth-order valence-corrected chi connectivity index (χ4v) is 2.15. The summed E-state index contributed by atoms with van der Waals surface area (Å²) in [7, 11) is 0. The van der Waals surface area contributed by atoms with Crippen LogP contribution in [0.4, 0.5) is 5.69 Å². The van der Waals surface area contributed by atoms with Gasteiger partial charge in [0.15, 0.2) is 0 Å². The third-order valence-electron chi connectivity index (χ3n) is 2.51. The van der Waals surface area contributed by atoms with E-state index in [1.54, 1.807) is 0 Å². The molecule has 0 aliphatic carbocycles. The monoisotopic (exact) mass is 344 g/mol. The zero-order valence-electron chi connectivity index (χ0n) is 10.2. The number of nitrogens with one attached hydrogen (secondary N) is 1. The van der Waals surface area contributed by atoms with Crippen molar-refractivity contribution in [1.82, 2.24) is 4.98 Å². The van der Waals surface area contributed by atoms with Gasteiger partial charge in [-0.25, -0.2) is 4.79 Å². The third-order valence-corrected chi connectivity index (χ3v) is 3.55. The molecule has 0 spiro atoms. The highest BCUT2D eigenvalue weighted by Gasteiger charge is 2.19. The molecule has 0 atom stereocenters. The number of carboxylic acids is 1. The molecule has 1 aromatic carbocycles. The Morgan fingerprint density at radius 1 is 1.10 bits per heavy atom. The van der Waals surface area contributed by atoms with Crippen LogP contribution >= 0.6 is 34.8 Å². The lowest BCUT2D eigenvalue weighted by Crippen LogP contribution is -2.18. The van der Waals surface area contributed by atoms with Gasteiger partial charge in [-0.2, -0.15) is 0 Å². The van der Waals surface area contributed by atoms with Gasteiger partial charge >= 0.3 is 5.97 Å². The maximum Gasteiger partial charge on any atom is 0.338 e.